The Kier molecular flexibility index (Phi) is 5.20. The largest absolute Gasteiger partial charge is 0.507 e. The molecule has 0 spiro atoms. The SMILES string of the molecule is Cc1cc(NC(=O)c2cc3ccccc3cc2O)ccc1OCCC1CCC1. The summed E-state index contributed by atoms with van der Waals surface area (Å²) in [4.78, 5) is 12.7. The van der Waals surface area contributed by atoms with E-state index >= 15 is 0 Å². The predicted molar refractivity (Wildman–Crippen MR) is 112 cm³/mol. The number of hydrogen-bond acceptors (Lipinski definition) is 3. The summed E-state index contributed by atoms with van der Waals surface area (Å²) in [6.45, 7) is 2.71. The second-order valence-corrected chi connectivity index (χ2v) is 7.58. The molecule has 0 radical (unpaired) electrons. The first kappa shape index (κ1) is 18.4. The Morgan fingerprint density at radius 3 is 2.54 bits per heavy atom. The molecule has 0 heterocycles. The van der Waals surface area contributed by atoms with E-state index < -0.39 is 0 Å². The van der Waals surface area contributed by atoms with Crippen LogP contribution in [0.15, 0.2) is 54.6 Å². The van der Waals surface area contributed by atoms with E-state index in [1.54, 1.807) is 12.1 Å². The lowest BCUT2D eigenvalue weighted by Gasteiger charge is -2.25. The molecule has 144 valence electrons. The summed E-state index contributed by atoms with van der Waals surface area (Å²) in [5.74, 6) is 1.32. The Hall–Kier alpha value is -3.01. The summed E-state index contributed by atoms with van der Waals surface area (Å²) in [7, 11) is 0. The Labute approximate surface area is 165 Å². The van der Waals surface area contributed by atoms with E-state index in [0.29, 0.717) is 5.69 Å². The van der Waals surface area contributed by atoms with Crippen LogP contribution in [-0.4, -0.2) is 17.6 Å². The van der Waals surface area contributed by atoms with Gasteiger partial charge in [-0.15, -0.1) is 0 Å². The number of fused-ring (bicyclic) bond motifs is 1. The number of rotatable bonds is 6. The average Bonchev–Trinajstić information content (AvgIpc) is 2.64. The topological polar surface area (TPSA) is 58.6 Å². The van der Waals surface area contributed by atoms with Crippen LogP contribution in [0.2, 0.25) is 0 Å². The number of aromatic hydroxyl groups is 1. The quantitative estimate of drug-likeness (QED) is 0.583. The number of benzene rings is 3. The predicted octanol–water partition coefficient (Wildman–Crippen LogP) is 5.68. The molecule has 4 rings (SSSR count). The second kappa shape index (κ2) is 7.93. The maximum atomic E-state index is 12.7. The third-order valence-corrected chi connectivity index (χ3v) is 5.55. The lowest BCUT2D eigenvalue weighted by atomic mass is 9.83. The first-order valence-electron chi connectivity index (χ1n) is 9.87. The Morgan fingerprint density at radius 1 is 1.11 bits per heavy atom. The van der Waals surface area contributed by atoms with Gasteiger partial charge in [-0.25, -0.2) is 0 Å². The minimum absolute atomic E-state index is 0.0242. The molecule has 4 heteroatoms. The molecule has 0 aliphatic heterocycles. The number of phenolic OH excluding ortho intramolecular Hbond substituents is 1. The van der Waals surface area contributed by atoms with Gasteiger partial charge in [-0.05, 0) is 65.9 Å². The van der Waals surface area contributed by atoms with Gasteiger partial charge in [-0.3, -0.25) is 4.79 Å². The van der Waals surface area contributed by atoms with Crippen molar-refractivity contribution >= 4 is 22.4 Å². The Bertz CT molecular complexity index is 1010. The third-order valence-electron chi connectivity index (χ3n) is 5.55. The van der Waals surface area contributed by atoms with Crippen LogP contribution in [0.1, 0.15) is 41.6 Å². The number of anilines is 1. The average molecular weight is 375 g/mol. The summed E-state index contributed by atoms with van der Waals surface area (Å²) >= 11 is 0. The van der Waals surface area contributed by atoms with Crippen molar-refractivity contribution < 1.29 is 14.6 Å². The van der Waals surface area contributed by atoms with Crippen molar-refractivity contribution in [1.29, 1.82) is 0 Å². The molecule has 0 saturated heterocycles. The zero-order chi connectivity index (χ0) is 19.5. The smallest absolute Gasteiger partial charge is 0.259 e. The van der Waals surface area contributed by atoms with Gasteiger partial charge < -0.3 is 15.2 Å². The van der Waals surface area contributed by atoms with Crippen LogP contribution in [0.5, 0.6) is 11.5 Å². The lowest BCUT2D eigenvalue weighted by Crippen LogP contribution is -2.15. The van der Waals surface area contributed by atoms with Gasteiger partial charge in [0.05, 0.1) is 12.2 Å². The zero-order valence-electron chi connectivity index (χ0n) is 16.1. The van der Waals surface area contributed by atoms with E-state index in [2.05, 4.69) is 5.32 Å². The molecule has 1 aliphatic rings. The minimum Gasteiger partial charge on any atom is -0.507 e. The van der Waals surface area contributed by atoms with Gasteiger partial charge in [0.1, 0.15) is 11.5 Å². The number of nitrogens with one attached hydrogen (secondary N) is 1. The summed E-state index contributed by atoms with van der Waals surface area (Å²) in [5, 5.41) is 14.9. The lowest BCUT2D eigenvalue weighted by molar-refractivity contribution is 0.102. The van der Waals surface area contributed by atoms with Crippen LogP contribution in [0.3, 0.4) is 0 Å². The summed E-state index contributed by atoms with van der Waals surface area (Å²) in [6.07, 6.45) is 5.12. The van der Waals surface area contributed by atoms with Crippen LogP contribution in [0.4, 0.5) is 5.69 Å². The van der Waals surface area contributed by atoms with E-state index in [9.17, 15) is 9.90 Å². The highest BCUT2D eigenvalue weighted by atomic mass is 16.5. The standard InChI is InChI=1S/C24H25NO3/c1-16-13-20(9-10-23(16)28-12-11-17-5-4-6-17)25-24(27)21-14-18-7-2-3-8-19(18)15-22(21)26/h2-3,7-10,13-15,17,26H,4-6,11-12H2,1H3,(H,25,27). The Morgan fingerprint density at radius 2 is 1.86 bits per heavy atom. The third kappa shape index (κ3) is 3.96. The van der Waals surface area contributed by atoms with Crippen molar-refractivity contribution in [3.63, 3.8) is 0 Å². The molecular weight excluding hydrogens is 350 g/mol. The maximum absolute atomic E-state index is 12.7. The molecule has 4 nitrogen and oxygen atoms in total. The van der Waals surface area contributed by atoms with Gasteiger partial charge in [0.15, 0.2) is 0 Å². The van der Waals surface area contributed by atoms with E-state index in [-0.39, 0.29) is 17.2 Å². The highest BCUT2D eigenvalue weighted by Gasteiger charge is 2.17. The van der Waals surface area contributed by atoms with Gasteiger partial charge in [0.2, 0.25) is 0 Å². The monoisotopic (exact) mass is 375 g/mol. The number of carbonyl (C=O) groups is 1. The van der Waals surface area contributed by atoms with Gasteiger partial charge in [-0.2, -0.15) is 0 Å². The van der Waals surface area contributed by atoms with Gasteiger partial charge in [0, 0.05) is 5.69 Å². The first-order valence-corrected chi connectivity index (χ1v) is 9.87. The minimum atomic E-state index is -0.332. The number of aryl methyl sites for hydroxylation is 1. The van der Waals surface area contributed by atoms with Crippen LogP contribution in [0.25, 0.3) is 10.8 Å². The van der Waals surface area contributed by atoms with E-state index in [0.717, 1.165) is 41.0 Å². The highest BCUT2D eigenvalue weighted by molar-refractivity contribution is 6.08. The second-order valence-electron chi connectivity index (χ2n) is 7.58. The fourth-order valence-corrected chi connectivity index (χ4v) is 3.61. The molecule has 1 aliphatic carbocycles. The van der Waals surface area contributed by atoms with E-state index in [1.807, 2.05) is 49.4 Å². The van der Waals surface area contributed by atoms with Crippen LogP contribution in [0, 0.1) is 12.8 Å². The normalized spacial score (nSPS) is 13.9. The molecule has 3 aromatic rings. The first-order chi connectivity index (χ1) is 13.6. The Balaban J connectivity index is 1.44. The highest BCUT2D eigenvalue weighted by Crippen LogP contribution is 2.30. The molecule has 1 fully saturated rings. The zero-order valence-corrected chi connectivity index (χ0v) is 16.1. The van der Waals surface area contributed by atoms with Gasteiger partial charge in [0.25, 0.3) is 5.91 Å². The van der Waals surface area contributed by atoms with Gasteiger partial charge in [-0.1, -0.05) is 43.5 Å². The van der Waals surface area contributed by atoms with Crippen molar-refractivity contribution in [2.75, 3.05) is 11.9 Å². The van der Waals surface area contributed by atoms with E-state index in [4.69, 9.17) is 4.74 Å². The fourth-order valence-electron chi connectivity index (χ4n) is 3.61. The van der Waals surface area contributed by atoms with Crippen molar-refractivity contribution in [1.82, 2.24) is 0 Å². The summed E-state index contributed by atoms with van der Waals surface area (Å²) in [6, 6.07) is 16.6. The molecule has 28 heavy (non-hydrogen) atoms. The maximum Gasteiger partial charge on any atom is 0.259 e. The van der Waals surface area contributed by atoms with Crippen molar-refractivity contribution in [3.8, 4) is 11.5 Å². The molecular formula is C24H25NO3. The van der Waals surface area contributed by atoms with Crippen LogP contribution in [-0.2, 0) is 0 Å². The number of ether oxygens (including phenoxy) is 1. The summed E-state index contributed by atoms with van der Waals surface area (Å²) in [5.41, 5.74) is 1.92. The number of amides is 1. The van der Waals surface area contributed by atoms with Crippen LogP contribution < -0.4 is 10.1 Å². The van der Waals surface area contributed by atoms with Crippen LogP contribution >= 0.6 is 0 Å². The van der Waals surface area contributed by atoms with E-state index in [1.165, 1.54) is 19.3 Å². The van der Waals surface area contributed by atoms with Crippen molar-refractivity contribution in [2.45, 2.75) is 32.6 Å². The number of hydrogen-bond donors (Lipinski definition) is 2. The number of phenols is 1. The molecule has 1 amide bonds. The molecule has 0 bridgehead atoms. The van der Waals surface area contributed by atoms with Gasteiger partial charge >= 0.3 is 0 Å². The van der Waals surface area contributed by atoms with Crippen molar-refractivity contribution in [3.05, 3.63) is 65.7 Å². The molecule has 0 aromatic heterocycles. The summed E-state index contributed by atoms with van der Waals surface area (Å²) < 4.78 is 5.90. The van der Waals surface area contributed by atoms with Crippen molar-refractivity contribution in [2.24, 2.45) is 5.92 Å². The fraction of sp³-hybridized carbons (Fsp3) is 0.292. The molecule has 2 N–H and O–H groups in total. The molecule has 0 unspecified atom stereocenters. The molecule has 1 saturated carbocycles. The molecule has 3 aromatic carbocycles. The molecule has 0 atom stereocenters. The number of carbonyl (C=O) groups excluding carboxylic acids is 1.